The van der Waals surface area contributed by atoms with E-state index in [1.807, 2.05) is 0 Å². The zero-order valence-electron chi connectivity index (χ0n) is 27.3. The third-order valence-corrected chi connectivity index (χ3v) is 10.4. The first-order valence-corrected chi connectivity index (χ1v) is 16.4. The number of carbonyl (C=O) groups excluding carboxylic acids is 4. The first-order valence-electron chi connectivity index (χ1n) is 16.4. The lowest BCUT2D eigenvalue weighted by molar-refractivity contribution is -0.149. The van der Waals surface area contributed by atoms with Crippen molar-refractivity contribution in [3.63, 3.8) is 0 Å². The molecular weight excluding hydrogens is 623 g/mol. The summed E-state index contributed by atoms with van der Waals surface area (Å²) in [6.45, 7) is 6.39. The van der Waals surface area contributed by atoms with E-state index in [9.17, 15) is 24.4 Å². The van der Waals surface area contributed by atoms with Crippen LogP contribution in [0.5, 0.6) is 5.75 Å². The predicted molar refractivity (Wildman–Crippen MR) is 168 cm³/mol. The van der Waals surface area contributed by atoms with Crippen LogP contribution in [0.3, 0.4) is 0 Å². The maximum atomic E-state index is 15.4. The molecule has 14 heteroatoms. The number of nitriles is 1. The normalized spacial score (nSPS) is 33.0. The van der Waals surface area contributed by atoms with Crippen molar-refractivity contribution in [2.24, 2.45) is 29.1 Å². The van der Waals surface area contributed by atoms with E-state index in [1.165, 1.54) is 16.0 Å². The molecule has 1 aliphatic carbocycles. The predicted octanol–water partition coefficient (Wildman–Crippen LogP) is 2.28. The third kappa shape index (κ3) is 6.02. The van der Waals surface area contributed by atoms with E-state index >= 15 is 4.39 Å². The molecule has 4 aliphatic heterocycles. The maximum absolute atomic E-state index is 15.4. The van der Waals surface area contributed by atoms with Crippen LogP contribution in [0.1, 0.15) is 46.5 Å². The molecule has 9 atom stereocenters. The van der Waals surface area contributed by atoms with Crippen LogP contribution in [0.2, 0.25) is 0 Å². The number of amides is 4. The zero-order chi connectivity index (χ0) is 34.4. The molecular formula is C34H41FN6O7. The van der Waals surface area contributed by atoms with Crippen molar-refractivity contribution in [2.75, 3.05) is 38.2 Å². The minimum absolute atomic E-state index is 0.0643. The van der Waals surface area contributed by atoms with E-state index in [0.29, 0.717) is 25.4 Å². The van der Waals surface area contributed by atoms with E-state index in [0.717, 1.165) is 6.42 Å². The zero-order valence-corrected chi connectivity index (χ0v) is 27.3. The Morgan fingerprint density at radius 1 is 1.29 bits per heavy atom. The summed E-state index contributed by atoms with van der Waals surface area (Å²) in [6, 6.07) is 1.95. The van der Waals surface area contributed by atoms with Crippen molar-refractivity contribution in [2.45, 2.75) is 76.4 Å². The minimum Gasteiger partial charge on any atom is -0.472 e. The Hall–Kier alpha value is -4.43. The number of nitrogens with one attached hydrogen (secondary N) is 2. The van der Waals surface area contributed by atoms with Crippen LogP contribution in [-0.4, -0.2) is 101 Å². The summed E-state index contributed by atoms with van der Waals surface area (Å²) in [5, 5.41) is 15.6. The number of hydrogen-bond acceptors (Lipinski definition) is 9. The summed E-state index contributed by atoms with van der Waals surface area (Å²) >= 11 is 0. The molecule has 1 saturated carbocycles. The summed E-state index contributed by atoms with van der Waals surface area (Å²) in [5.74, 6) is -0.580. The fourth-order valence-corrected chi connectivity index (χ4v) is 7.82. The smallest absolute Gasteiger partial charge is 0.407 e. The van der Waals surface area contributed by atoms with Gasteiger partial charge in [0, 0.05) is 37.6 Å². The Kier molecular flexibility index (Phi) is 8.98. The van der Waals surface area contributed by atoms with Crippen molar-refractivity contribution < 1.29 is 37.8 Å². The van der Waals surface area contributed by atoms with Gasteiger partial charge in [-0.05, 0) is 42.7 Å². The van der Waals surface area contributed by atoms with Gasteiger partial charge in [0.2, 0.25) is 17.4 Å². The quantitative estimate of drug-likeness (QED) is 0.450. The van der Waals surface area contributed by atoms with Crippen LogP contribution in [0.15, 0.2) is 18.3 Å². The highest BCUT2D eigenvalue weighted by molar-refractivity contribution is 6.01. The number of halogens is 1. The Labute approximate surface area is 278 Å². The van der Waals surface area contributed by atoms with Gasteiger partial charge >= 0.3 is 6.09 Å². The average molecular weight is 665 g/mol. The number of alkyl halides is 1. The van der Waals surface area contributed by atoms with Crippen molar-refractivity contribution >= 4 is 29.6 Å². The molecule has 0 aromatic carbocycles. The molecule has 48 heavy (non-hydrogen) atoms. The molecule has 13 nitrogen and oxygen atoms in total. The van der Waals surface area contributed by atoms with Gasteiger partial charge < -0.3 is 34.6 Å². The second kappa shape index (κ2) is 12.9. The van der Waals surface area contributed by atoms with Crippen LogP contribution >= 0.6 is 0 Å². The van der Waals surface area contributed by atoms with Crippen LogP contribution in [0, 0.1) is 52.8 Å². The second-order valence-corrected chi connectivity index (χ2v) is 14.5. The lowest BCUT2D eigenvalue weighted by Gasteiger charge is -2.39. The molecule has 5 heterocycles. The lowest BCUT2D eigenvalue weighted by atomic mass is 9.70. The first-order chi connectivity index (χ1) is 22.9. The van der Waals surface area contributed by atoms with Gasteiger partial charge in [0.25, 0.3) is 5.91 Å². The average Bonchev–Trinajstić information content (AvgIpc) is 3.80. The third-order valence-electron chi connectivity index (χ3n) is 10.4. The number of pyridine rings is 1. The molecule has 3 saturated heterocycles. The lowest BCUT2D eigenvalue weighted by Crippen LogP contribution is -2.60. The summed E-state index contributed by atoms with van der Waals surface area (Å²) < 4.78 is 32.3. The van der Waals surface area contributed by atoms with Gasteiger partial charge in [0.05, 0.1) is 31.7 Å². The van der Waals surface area contributed by atoms with E-state index < -0.39 is 71.0 Å². The van der Waals surface area contributed by atoms with Crippen LogP contribution in [0.25, 0.3) is 0 Å². The number of hydrogen-bond donors (Lipinski definition) is 2. The van der Waals surface area contributed by atoms with Crippen molar-refractivity contribution in [1.82, 2.24) is 20.1 Å². The molecule has 0 bridgehead atoms. The van der Waals surface area contributed by atoms with Gasteiger partial charge in [-0.25, -0.2) is 14.2 Å². The largest absolute Gasteiger partial charge is 0.472 e. The van der Waals surface area contributed by atoms with Gasteiger partial charge in [-0.15, -0.1) is 6.42 Å². The number of terminal acetylenes is 1. The SMILES string of the molecule is C#C[C@H]1[C@H]2[C@@H](CC[C@H]1F)CN(C(=O)[C@@H](NC(=O)OC[C@H]1CCOC1)C(C)(C)C)[C@@H]2C(=O)N1C[C@@]2(C[C@H]1C#N)Oc1cccnc1NC2=O. The molecule has 1 spiro atoms. The van der Waals surface area contributed by atoms with E-state index in [4.69, 9.17) is 20.6 Å². The Bertz CT molecular complexity index is 1550. The van der Waals surface area contributed by atoms with Crippen LogP contribution in [-0.2, 0) is 23.9 Å². The number of nitrogens with zero attached hydrogens (tertiary/aromatic N) is 4. The monoisotopic (exact) mass is 664 g/mol. The van der Waals surface area contributed by atoms with Gasteiger partial charge in [0.15, 0.2) is 11.6 Å². The van der Waals surface area contributed by atoms with E-state index in [1.54, 1.807) is 32.9 Å². The van der Waals surface area contributed by atoms with E-state index in [2.05, 4.69) is 27.6 Å². The number of rotatable bonds is 5. The van der Waals surface area contributed by atoms with Gasteiger partial charge in [-0.3, -0.25) is 14.4 Å². The van der Waals surface area contributed by atoms with Crippen molar-refractivity contribution in [3.05, 3.63) is 18.3 Å². The molecule has 6 rings (SSSR count). The van der Waals surface area contributed by atoms with Gasteiger partial charge in [-0.1, -0.05) is 26.7 Å². The highest BCUT2D eigenvalue weighted by Gasteiger charge is 2.61. The van der Waals surface area contributed by atoms with Gasteiger partial charge in [-0.2, -0.15) is 5.26 Å². The standard InChI is InChI=1S/C34H41FN6O7/c1-5-22-23(35)9-8-20-15-40(30(43)27(33(2,3)4)38-32(45)47-17-19-10-12-46-16-19)26(25(20)22)29(42)41-18-34(13-21(41)14-36)31(44)39-28-24(48-34)7-6-11-37-28/h1,6-7,11,19-23,25-27H,8-10,12-13,15-18H2,2-4H3,(H,38,45)(H,37,39,44)/t19-,20-,21-,22+,23+,25+,26-,27+,34+/m0/s1. The Balaban J connectivity index is 1.30. The number of likely N-dealkylation sites (tertiary alicyclic amines) is 2. The summed E-state index contributed by atoms with van der Waals surface area (Å²) in [5.41, 5.74) is -2.40. The first kappa shape index (κ1) is 33.5. The molecule has 1 aromatic heterocycles. The molecule has 5 aliphatic rings. The molecule has 2 N–H and O–H groups in total. The molecule has 0 radical (unpaired) electrons. The number of carbonyl (C=O) groups is 4. The molecule has 1 aromatic rings. The summed E-state index contributed by atoms with van der Waals surface area (Å²) in [6.07, 6.45) is 6.42. The Morgan fingerprint density at radius 3 is 2.77 bits per heavy atom. The summed E-state index contributed by atoms with van der Waals surface area (Å²) in [4.78, 5) is 62.4. The minimum atomic E-state index is -1.58. The number of alkyl carbamates (subject to hydrolysis) is 1. The highest BCUT2D eigenvalue weighted by atomic mass is 19.1. The molecule has 4 fully saturated rings. The number of fused-ring (bicyclic) bond motifs is 2. The Morgan fingerprint density at radius 2 is 2.08 bits per heavy atom. The van der Waals surface area contributed by atoms with Crippen LogP contribution < -0.4 is 15.4 Å². The van der Waals surface area contributed by atoms with Gasteiger partial charge in [0.1, 0.15) is 24.3 Å². The number of ether oxygens (including phenoxy) is 3. The maximum Gasteiger partial charge on any atom is 0.407 e. The van der Waals surface area contributed by atoms with E-state index in [-0.39, 0.29) is 50.2 Å². The van der Waals surface area contributed by atoms with Crippen molar-refractivity contribution in [3.8, 4) is 24.2 Å². The van der Waals surface area contributed by atoms with Crippen LogP contribution in [0.4, 0.5) is 15.0 Å². The fourth-order valence-electron chi connectivity index (χ4n) is 7.82. The topological polar surface area (TPSA) is 163 Å². The number of aromatic nitrogens is 1. The second-order valence-electron chi connectivity index (χ2n) is 14.5. The molecule has 4 amide bonds. The molecule has 0 unspecified atom stereocenters. The highest BCUT2D eigenvalue weighted by Crippen LogP contribution is 2.47. The number of anilines is 1. The summed E-state index contributed by atoms with van der Waals surface area (Å²) in [7, 11) is 0. The fraction of sp³-hybridized carbons (Fsp3) is 0.647. The van der Waals surface area contributed by atoms with Crippen molar-refractivity contribution in [1.29, 1.82) is 5.26 Å². The molecule has 256 valence electrons.